The van der Waals surface area contributed by atoms with E-state index in [4.69, 9.17) is 0 Å². The van der Waals surface area contributed by atoms with Gasteiger partial charge in [0.15, 0.2) is 0 Å². The third kappa shape index (κ3) is 3.93. The summed E-state index contributed by atoms with van der Waals surface area (Å²) in [6, 6.07) is 10.4. The largest absolute Gasteiger partial charge is 0.311 e. The average molecular weight is 246 g/mol. The van der Waals surface area contributed by atoms with E-state index in [2.05, 4.69) is 34.5 Å². The summed E-state index contributed by atoms with van der Waals surface area (Å²) >= 11 is 0. The lowest BCUT2D eigenvalue weighted by Gasteiger charge is -2.15. The van der Waals surface area contributed by atoms with E-state index in [9.17, 15) is 4.79 Å². The van der Waals surface area contributed by atoms with E-state index in [0.717, 1.165) is 39.1 Å². The quantitative estimate of drug-likeness (QED) is 0.775. The predicted octanol–water partition coefficient (Wildman–Crippen LogP) is 1.69. The second-order valence-corrected chi connectivity index (χ2v) is 5.06. The van der Waals surface area contributed by atoms with Crippen molar-refractivity contribution in [2.24, 2.45) is 5.92 Å². The van der Waals surface area contributed by atoms with Crippen LogP contribution in [0, 0.1) is 5.92 Å². The molecule has 0 saturated carbocycles. The van der Waals surface area contributed by atoms with Crippen LogP contribution in [0.3, 0.4) is 0 Å². The van der Waals surface area contributed by atoms with Gasteiger partial charge in [0, 0.05) is 32.1 Å². The molecule has 1 aromatic carbocycles. The van der Waals surface area contributed by atoms with Crippen LogP contribution in [0.5, 0.6) is 0 Å². The first kappa shape index (κ1) is 13.2. The number of likely N-dealkylation sites (tertiary alicyclic amines) is 1. The van der Waals surface area contributed by atoms with Gasteiger partial charge in [-0.05, 0) is 25.5 Å². The predicted molar refractivity (Wildman–Crippen MR) is 73.4 cm³/mol. The Morgan fingerprint density at radius 3 is 2.83 bits per heavy atom. The molecule has 2 rings (SSSR count). The standard InChI is InChI=1S/C15H22N2O/c1-13(18)15-7-9-17(12-15)10-8-16-11-14-5-3-2-4-6-14/h2-6,15-16H,7-12H2,1H3. The Bertz CT molecular complexity index is 377. The fourth-order valence-corrected chi connectivity index (χ4v) is 2.43. The summed E-state index contributed by atoms with van der Waals surface area (Å²) in [5, 5.41) is 3.45. The van der Waals surface area contributed by atoms with Gasteiger partial charge in [-0.2, -0.15) is 0 Å². The molecule has 0 radical (unpaired) electrons. The zero-order valence-electron chi connectivity index (χ0n) is 11.1. The molecule has 18 heavy (non-hydrogen) atoms. The first-order valence-electron chi connectivity index (χ1n) is 6.73. The molecule has 1 unspecified atom stereocenters. The summed E-state index contributed by atoms with van der Waals surface area (Å²) < 4.78 is 0. The van der Waals surface area contributed by atoms with Crippen LogP contribution < -0.4 is 5.32 Å². The molecule has 1 aliphatic heterocycles. The van der Waals surface area contributed by atoms with Crippen LogP contribution in [0.1, 0.15) is 18.9 Å². The van der Waals surface area contributed by atoms with E-state index in [1.54, 1.807) is 6.92 Å². The monoisotopic (exact) mass is 246 g/mol. The fraction of sp³-hybridized carbons (Fsp3) is 0.533. The summed E-state index contributed by atoms with van der Waals surface area (Å²) in [4.78, 5) is 13.6. The van der Waals surface area contributed by atoms with Crippen LogP contribution in [-0.2, 0) is 11.3 Å². The molecule has 1 aliphatic rings. The lowest BCUT2D eigenvalue weighted by atomic mass is 10.1. The number of benzene rings is 1. The lowest BCUT2D eigenvalue weighted by Crippen LogP contribution is -2.31. The van der Waals surface area contributed by atoms with Crippen LogP contribution >= 0.6 is 0 Å². The van der Waals surface area contributed by atoms with Crippen molar-refractivity contribution in [2.75, 3.05) is 26.2 Å². The number of Topliss-reactive ketones (excluding diaryl/α,β-unsaturated/α-hetero) is 1. The Kier molecular flexibility index (Phi) is 4.90. The average Bonchev–Trinajstić information content (AvgIpc) is 2.85. The van der Waals surface area contributed by atoms with Crippen molar-refractivity contribution in [2.45, 2.75) is 19.9 Å². The number of carbonyl (C=O) groups is 1. The van der Waals surface area contributed by atoms with Gasteiger partial charge < -0.3 is 10.2 Å². The molecule has 0 aliphatic carbocycles. The Balaban J connectivity index is 1.61. The molecular weight excluding hydrogens is 224 g/mol. The van der Waals surface area contributed by atoms with E-state index in [-0.39, 0.29) is 5.92 Å². The van der Waals surface area contributed by atoms with E-state index >= 15 is 0 Å². The highest BCUT2D eigenvalue weighted by molar-refractivity contribution is 5.78. The topological polar surface area (TPSA) is 32.3 Å². The number of nitrogens with zero attached hydrogens (tertiary/aromatic N) is 1. The number of carbonyl (C=O) groups excluding carboxylic acids is 1. The minimum Gasteiger partial charge on any atom is -0.311 e. The van der Waals surface area contributed by atoms with Gasteiger partial charge in [-0.1, -0.05) is 30.3 Å². The fourth-order valence-electron chi connectivity index (χ4n) is 2.43. The molecule has 3 nitrogen and oxygen atoms in total. The van der Waals surface area contributed by atoms with Crippen molar-refractivity contribution in [1.82, 2.24) is 10.2 Å². The highest BCUT2D eigenvalue weighted by Gasteiger charge is 2.24. The van der Waals surface area contributed by atoms with Crippen LogP contribution in [-0.4, -0.2) is 36.9 Å². The van der Waals surface area contributed by atoms with Gasteiger partial charge in [-0.25, -0.2) is 0 Å². The van der Waals surface area contributed by atoms with Crippen molar-refractivity contribution >= 4 is 5.78 Å². The lowest BCUT2D eigenvalue weighted by molar-refractivity contribution is -0.120. The van der Waals surface area contributed by atoms with Crippen LogP contribution in [0.4, 0.5) is 0 Å². The maximum absolute atomic E-state index is 11.3. The molecule has 98 valence electrons. The van der Waals surface area contributed by atoms with Gasteiger partial charge in [0.2, 0.25) is 0 Å². The molecule has 0 bridgehead atoms. The second kappa shape index (κ2) is 6.66. The van der Waals surface area contributed by atoms with Crippen molar-refractivity contribution in [3.05, 3.63) is 35.9 Å². The zero-order valence-corrected chi connectivity index (χ0v) is 11.1. The molecule has 0 spiro atoms. The minimum absolute atomic E-state index is 0.277. The third-order valence-electron chi connectivity index (χ3n) is 3.62. The number of nitrogens with one attached hydrogen (secondary N) is 1. The first-order chi connectivity index (χ1) is 8.75. The molecule has 1 aromatic rings. The molecular formula is C15H22N2O. The Morgan fingerprint density at radius 1 is 1.39 bits per heavy atom. The Labute approximate surface area is 109 Å². The summed E-state index contributed by atoms with van der Waals surface area (Å²) in [5.41, 5.74) is 1.32. The summed E-state index contributed by atoms with van der Waals surface area (Å²) in [6.45, 7) is 6.67. The summed E-state index contributed by atoms with van der Waals surface area (Å²) in [5.74, 6) is 0.619. The Morgan fingerprint density at radius 2 is 2.17 bits per heavy atom. The van der Waals surface area contributed by atoms with Crippen LogP contribution in [0.15, 0.2) is 30.3 Å². The van der Waals surface area contributed by atoms with Gasteiger partial charge in [-0.15, -0.1) is 0 Å². The molecule has 1 N–H and O–H groups in total. The van der Waals surface area contributed by atoms with Gasteiger partial charge in [0.25, 0.3) is 0 Å². The zero-order chi connectivity index (χ0) is 12.8. The van der Waals surface area contributed by atoms with E-state index < -0.39 is 0 Å². The normalized spacial score (nSPS) is 20.2. The number of rotatable bonds is 6. The minimum atomic E-state index is 0.277. The SMILES string of the molecule is CC(=O)C1CCN(CCNCc2ccccc2)C1. The molecule has 1 saturated heterocycles. The molecule has 1 fully saturated rings. The highest BCUT2D eigenvalue weighted by Crippen LogP contribution is 2.16. The molecule has 0 amide bonds. The summed E-state index contributed by atoms with van der Waals surface area (Å²) in [7, 11) is 0. The second-order valence-electron chi connectivity index (χ2n) is 5.06. The maximum atomic E-state index is 11.3. The summed E-state index contributed by atoms with van der Waals surface area (Å²) in [6.07, 6.45) is 1.04. The van der Waals surface area contributed by atoms with Crippen molar-refractivity contribution in [3.63, 3.8) is 0 Å². The van der Waals surface area contributed by atoms with Crippen molar-refractivity contribution < 1.29 is 4.79 Å². The van der Waals surface area contributed by atoms with Crippen molar-refractivity contribution in [1.29, 1.82) is 0 Å². The van der Waals surface area contributed by atoms with Gasteiger partial charge in [-0.3, -0.25) is 4.79 Å². The van der Waals surface area contributed by atoms with Gasteiger partial charge in [0.05, 0.1) is 0 Å². The number of hydrogen-bond donors (Lipinski definition) is 1. The van der Waals surface area contributed by atoms with Gasteiger partial charge >= 0.3 is 0 Å². The molecule has 3 heteroatoms. The van der Waals surface area contributed by atoms with Crippen LogP contribution in [0.25, 0.3) is 0 Å². The first-order valence-corrected chi connectivity index (χ1v) is 6.73. The van der Waals surface area contributed by atoms with Crippen LogP contribution in [0.2, 0.25) is 0 Å². The Hall–Kier alpha value is -1.19. The van der Waals surface area contributed by atoms with E-state index in [1.165, 1.54) is 5.56 Å². The van der Waals surface area contributed by atoms with Gasteiger partial charge in [0.1, 0.15) is 5.78 Å². The van der Waals surface area contributed by atoms with E-state index in [0.29, 0.717) is 5.78 Å². The third-order valence-corrected chi connectivity index (χ3v) is 3.62. The molecule has 0 aromatic heterocycles. The molecule has 1 heterocycles. The molecule has 1 atom stereocenters. The maximum Gasteiger partial charge on any atom is 0.134 e. The number of ketones is 1. The van der Waals surface area contributed by atoms with Crippen molar-refractivity contribution in [3.8, 4) is 0 Å². The smallest absolute Gasteiger partial charge is 0.134 e. The number of hydrogen-bond acceptors (Lipinski definition) is 3. The highest BCUT2D eigenvalue weighted by atomic mass is 16.1. The van der Waals surface area contributed by atoms with E-state index in [1.807, 2.05) is 6.07 Å².